The van der Waals surface area contributed by atoms with Crippen LogP contribution in [0.15, 0.2) is 18.2 Å². The summed E-state index contributed by atoms with van der Waals surface area (Å²) >= 11 is 5.85. The Kier molecular flexibility index (Phi) is 4.67. The van der Waals surface area contributed by atoms with Crippen LogP contribution in [0.4, 0.5) is 10.1 Å². The molecular formula is C15H11ClFN3O3. The minimum atomic E-state index is -0.898. The summed E-state index contributed by atoms with van der Waals surface area (Å²) in [5.74, 6) is -1.55. The number of esters is 1. The predicted octanol–water partition coefficient (Wildman–Crippen LogP) is 2.79. The molecule has 2 aromatic rings. The molecule has 0 spiro atoms. The van der Waals surface area contributed by atoms with Gasteiger partial charge in [0.1, 0.15) is 11.4 Å². The van der Waals surface area contributed by atoms with Gasteiger partial charge in [-0.1, -0.05) is 11.6 Å². The van der Waals surface area contributed by atoms with Crippen molar-refractivity contribution in [3.05, 3.63) is 40.3 Å². The van der Waals surface area contributed by atoms with Crippen LogP contribution in [0.25, 0.3) is 11.3 Å². The van der Waals surface area contributed by atoms with Crippen LogP contribution in [0.5, 0.6) is 5.75 Å². The number of pyridine rings is 1. The number of halogens is 2. The van der Waals surface area contributed by atoms with Gasteiger partial charge < -0.3 is 15.2 Å². The summed E-state index contributed by atoms with van der Waals surface area (Å²) in [6.07, 6.45) is 0. The fourth-order valence-electron chi connectivity index (χ4n) is 1.93. The predicted molar refractivity (Wildman–Crippen MR) is 81.7 cm³/mol. The molecule has 6 nitrogen and oxygen atoms in total. The number of nitrogens with two attached hydrogens (primary N) is 1. The highest BCUT2D eigenvalue weighted by atomic mass is 35.5. The highest BCUT2D eigenvalue weighted by molar-refractivity contribution is 6.35. The maximum absolute atomic E-state index is 14.4. The van der Waals surface area contributed by atoms with Crippen molar-refractivity contribution >= 4 is 23.3 Å². The molecule has 0 saturated carbocycles. The monoisotopic (exact) mass is 335 g/mol. The van der Waals surface area contributed by atoms with Gasteiger partial charge in [-0.25, -0.2) is 14.2 Å². The van der Waals surface area contributed by atoms with Crippen LogP contribution in [0.1, 0.15) is 16.1 Å². The third kappa shape index (κ3) is 2.89. The average molecular weight is 336 g/mol. The summed E-state index contributed by atoms with van der Waals surface area (Å²) in [4.78, 5) is 15.6. The van der Waals surface area contributed by atoms with Crippen molar-refractivity contribution in [3.8, 4) is 23.1 Å². The number of hydrogen-bond acceptors (Lipinski definition) is 6. The molecule has 1 heterocycles. The highest BCUT2D eigenvalue weighted by Crippen LogP contribution is 2.36. The van der Waals surface area contributed by atoms with Crippen molar-refractivity contribution in [3.63, 3.8) is 0 Å². The lowest BCUT2D eigenvalue weighted by Gasteiger charge is -2.13. The fourth-order valence-corrected chi connectivity index (χ4v) is 2.13. The Morgan fingerprint density at radius 2 is 2.13 bits per heavy atom. The number of rotatable bonds is 3. The van der Waals surface area contributed by atoms with E-state index in [0.717, 1.165) is 7.11 Å². The maximum Gasteiger partial charge on any atom is 0.358 e. The summed E-state index contributed by atoms with van der Waals surface area (Å²) < 4.78 is 24.2. The number of nitriles is 1. The zero-order valence-corrected chi connectivity index (χ0v) is 12.9. The maximum atomic E-state index is 14.4. The SMILES string of the molecule is COC(=O)c1nc(-c2ccc(C#N)cc2OC)c(F)c(N)c1Cl. The van der Waals surface area contributed by atoms with Crippen LogP contribution in [0.2, 0.25) is 5.02 Å². The number of carbonyl (C=O) groups excluding carboxylic acids is 1. The molecule has 23 heavy (non-hydrogen) atoms. The van der Waals surface area contributed by atoms with Gasteiger partial charge in [0.2, 0.25) is 0 Å². The first-order valence-electron chi connectivity index (χ1n) is 6.25. The smallest absolute Gasteiger partial charge is 0.358 e. The molecule has 8 heteroatoms. The molecule has 118 valence electrons. The molecule has 0 saturated heterocycles. The number of nitrogen functional groups attached to an aromatic ring is 1. The third-order valence-corrected chi connectivity index (χ3v) is 3.46. The van der Waals surface area contributed by atoms with Gasteiger partial charge in [-0.05, 0) is 18.2 Å². The van der Waals surface area contributed by atoms with E-state index in [0.29, 0.717) is 5.56 Å². The van der Waals surface area contributed by atoms with Gasteiger partial charge >= 0.3 is 5.97 Å². The van der Waals surface area contributed by atoms with Crippen LogP contribution < -0.4 is 10.5 Å². The molecule has 0 unspecified atom stereocenters. The zero-order chi connectivity index (χ0) is 17.1. The first-order valence-corrected chi connectivity index (χ1v) is 6.63. The van der Waals surface area contributed by atoms with Gasteiger partial charge in [-0.3, -0.25) is 0 Å². The Morgan fingerprint density at radius 1 is 1.43 bits per heavy atom. The van der Waals surface area contributed by atoms with Crippen LogP contribution in [0, 0.1) is 17.1 Å². The number of anilines is 1. The number of benzene rings is 1. The second kappa shape index (κ2) is 6.50. The molecule has 0 bridgehead atoms. The first kappa shape index (κ1) is 16.5. The third-order valence-electron chi connectivity index (χ3n) is 3.08. The van der Waals surface area contributed by atoms with E-state index < -0.39 is 17.5 Å². The van der Waals surface area contributed by atoms with E-state index in [1.807, 2.05) is 6.07 Å². The Balaban J connectivity index is 2.76. The van der Waals surface area contributed by atoms with Gasteiger partial charge in [0, 0.05) is 5.56 Å². The van der Waals surface area contributed by atoms with Gasteiger partial charge in [-0.2, -0.15) is 5.26 Å². The lowest BCUT2D eigenvalue weighted by Crippen LogP contribution is -2.10. The molecule has 0 aliphatic carbocycles. The molecule has 0 amide bonds. The Bertz CT molecular complexity index is 834. The van der Waals surface area contributed by atoms with Crippen LogP contribution in [0.3, 0.4) is 0 Å². The van der Waals surface area contributed by atoms with E-state index in [4.69, 9.17) is 27.3 Å². The minimum Gasteiger partial charge on any atom is -0.496 e. The fraction of sp³-hybridized carbons (Fsp3) is 0.133. The molecule has 0 atom stereocenters. The Morgan fingerprint density at radius 3 is 2.70 bits per heavy atom. The van der Waals surface area contributed by atoms with Crippen LogP contribution >= 0.6 is 11.6 Å². The summed E-state index contributed by atoms with van der Waals surface area (Å²) in [5, 5.41) is 8.58. The van der Waals surface area contributed by atoms with Crippen molar-refractivity contribution in [2.75, 3.05) is 20.0 Å². The largest absolute Gasteiger partial charge is 0.496 e. The normalized spacial score (nSPS) is 10.0. The van der Waals surface area contributed by atoms with Crippen molar-refractivity contribution in [1.29, 1.82) is 5.26 Å². The molecule has 1 aromatic carbocycles. The minimum absolute atomic E-state index is 0.202. The quantitative estimate of drug-likeness (QED) is 0.866. The molecule has 0 aliphatic heterocycles. The molecule has 0 aliphatic rings. The first-order chi connectivity index (χ1) is 10.9. The second-order valence-electron chi connectivity index (χ2n) is 4.37. The van der Waals surface area contributed by atoms with Crippen LogP contribution in [-0.2, 0) is 4.74 Å². The number of hydrogen-bond donors (Lipinski definition) is 1. The standard InChI is InChI=1S/C15H11ClFN3O3/c1-22-9-5-7(6-18)3-4-8(9)13-11(17)12(19)10(16)14(20-13)15(21)23-2/h3-5H,1-2H3,(H2,19,20). The van der Waals surface area contributed by atoms with Crippen molar-refractivity contribution in [2.24, 2.45) is 0 Å². The van der Waals surface area contributed by atoms with Crippen molar-refractivity contribution in [2.45, 2.75) is 0 Å². The highest BCUT2D eigenvalue weighted by Gasteiger charge is 2.24. The Hall–Kier alpha value is -2.85. The van der Waals surface area contributed by atoms with E-state index >= 15 is 0 Å². The lowest BCUT2D eigenvalue weighted by atomic mass is 10.1. The zero-order valence-electron chi connectivity index (χ0n) is 12.2. The van der Waals surface area contributed by atoms with E-state index in [1.165, 1.54) is 25.3 Å². The van der Waals surface area contributed by atoms with Crippen molar-refractivity contribution < 1.29 is 18.7 Å². The lowest BCUT2D eigenvalue weighted by molar-refractivity contribution is 0.0594. The summed E-state index contributed by atoms with van der Waals surface area (Å²) in [6.45, 7) is 0. The number of ether oxygens (including phenoxy) is 2. The van der Waals surface area contributed by atoms with E-state index in [-0.39, 0.29) is 27.7 Å². The topological polar surface area (TPSA) is 98.2 Å². The molecule has 0 fully saturated rings. The van der Waals surface area contributed by atoms with Gasteiger partial charge in [0.25, 0.3) is 0 Å². The van der Waals surface area contributed by atoms with Gasteiger partial charge in [0.15, 0.2) is 11.5 Å². The number of nitrogens with zero attached hydrogens (tertiary/aromatic N) is 2. The van der Waals surface area contributed by atoms with Gasteiger partial charge in [0.05, 0.1) is 36.6 Å². The molecule has 1 aromatic heterocycles. The summed E-state index contributed by atoms with van der Waals surface area (Å²) in [5.41, 5.74) is 5.19. The van der Waals surface area contributed by atoms with Gasteiger partial charge in [-0.15, -0.1) is 0 Å². The molecule has 2 rings (SSSR count). The van der Waals surface area contributed by atoms with Crippen LogP contribution in [-0.4, -0.2) is 25.2 Å². The average Bonchev–Trinajstić information content (AvgIpc) is 2.59. The summed E-state index contributed by atoms with van der Waals surface area (Å²) in [6, 6.07) is 6.26. The second-order valence-corrected chi connectivity index (χ2v) is 4.75. The molecule has 0 radical (unpaired) electrons. The number of methoxy groups -OCH3 is 2. The number of carbonyl (C=O) groups is 1. The van der Waals surface area contributed by atoms with E-state index in [2.05, 4.69) is 9.72 Å². The van der Waals surface area contributed by atoms with Crippen molar-refractivity contribution in [1.82, 2.24) is 4.98 Å². The summed E-state index contributed by atoms with van der Waals surface area (Å²) in [7, 11) is 2.50. The van der Waals surface area contributed by atoms with E-state index in [1.54, 1.807) is 0 Å². The number of aromatic nitrogens is 1. The van der Waals surface area contributed by atoms with E-state index in [9.17, 15) is 9.18 Å². The Labute approximate surface area is 136 Å². The molecule has 2 N–H and O–H groups in total. The molecular weight excluding hydrogens is 325 g/mol.